The molecule has 0 aromatic heterocycles. The maximum Gasteiger partial charge on any atom is 0.230 e. The monoisotopic (exact) mass is 331 g/mol. The van der Waals surface area contributed by atoms with Gasteiger partial charge >= 0.3 is 0 Å². The minimum Gasteiger partial charge on any atom is -0.352 e. The molecule has 1 N–H and O–H groups in total. The van der Waals surface area contributed by atoms with Gasteiger partial charge < -0.3 is 5.32 Å². The molecule has 0 radical (unpaired) electrons. The Kier molecular flexibility index (Phi) is 6.06. The summed E-state index contributed by atoms with van der Waals surface area (Å²) in [5.74, 6) is 1.03. The molecule has 0 heterocycles. The van der Waals surface area contributed by atoms with Crippen molar-refractivity contribution in [2.75, 3.05) is 5.75 Å². The summed E-state index contributed by atoms with van der Waals surface area (Å²) in [6.45, 7) is 2.21. The topological polar surface area (TPSA) is 29.1 Å². The summed E-state index contributed by atoms with van der Waals surface area (Å²) >= 11 is 13.4. The number of rotatable bonds is 4. The van der Waals surface area contributed by atoms with Crippen molar-refractivity contribution in [3.8, 4) is 0 Å². The maximum atomic E-state index is 12.0. The highest BCUT2D eigenvalue weighted by atomic mass is 35.5. The number of thioether (sulfide) groups is 1. The van der Waals surface area contributed by atoms with Crippen molar-refractivity contribution >= 4 is 40.9 Å². The molecule has 1 aliphatic rings. The molecule has 110 valence electrons. The zero-order valence-corrected chi connectivity index (χ0v) is 13.8. The van der Waals surface area contributed by atoms with Crippen LogP contribution < -0.4 is 5.32 Å². The first-order chi connectivity index (χ1) is 9.56. The lowest BCUT2D eigenvalue weighted by molar-refractivity contribution is -0.119. The van der Waals surface area contributed by atoms with Crippen molar-refractivity contribution < 1.29 is 4.79 Å². The largest absolute Gasteiger partial charge is 0.352 e. The second-order valence-corrected chi connectivity index (χ2v) is 7.16. The third kappa shape index (κ3) is 4.57. The lowest BCUT2D eigenvalue weighted by Crippen LogP contribution is -2.41. The average Bonchev–Trinajstić information content (AvgIpc) is 2.42. The number of halogens is 2. The van der Waals surface area contributed by atoms with E-state index in [2.05, 4.69) is 12.2 Å². The van der Waals surface area contributed by atoms with Gasteiger partial charge in [-0.1, -0.05) is 43.0 Å². The van der Waals surface area contributed by atoms with E-state index in [4.69, 9.17) is 23.2 Å². The molecule has 2 atom stereocenters. The second kappa shape index (κ2) is 7.58. The zero-order valence-electron chi connectivity index (χ0n) is 11.5. The fourth-order valence-electron chi connectivity index (χ4n) is 2.51. The molecule has 0 spiro atoms. The lowest BCUT2D eigenvalue weighted by Gasteiger charge is -2.29. The van der Waals surface area contributed by atoms with E-state index in [9.17, 15) is 4.79 Å². The molecule has 1 aliphatic carbocycles. The van der Waals surface area contributed by atoms with Crippen molar-refractivity contribution in [2.45, 2.75) is 43.5 Å². The lowest BCUT2D eigenvalue weighted by atomic mass is 9.86. The molecule has 0 aliphatic heterocycles. The molecule has 1 amide bonds. The van der Waals surface area contributed by atoms with Gasteiger partial charge in [0.05, 0.1) is 10.8 Å². The minimum atomic E-state index is 0.0739. The SMILES string of the molecule is C[C@H]1CCCC[C@@H]1NC(=O)CSc1cc(Cl)ccc1Cl. The van der Waals surface area contributed by atoms with Crippen LogP contribution in [0.1, 0.15) is 32.6 Å². The summed E-state index contributed by atoms with van der Waals surface area (Å²) in [5.41, 5.74) is 0. The van der Waals surface area contributed by atoms with Crippen molar-refractivity contribution in [3.05, 3.63) is 28.2 Å². The Morgan fingerprint density at radius 2 is 2.10 bits per heavy atom. The molecular formula is C15H19Cl2NOS. The minimum absolute atomic E-state index is 0.0739. The summed E-state index contributed by atoms with van der Waals surface area (Å²) in [7, 11) is 0. The van der Waals surface area contributed by atoms with Crippen LogP contribution >= 0.6 is 35.0 Å². The average molecular weight is 332 g/mol. The van der Waals surface area contributed by atoms with Crippen LogP contribution in [0.15, 0.2) is 23.1 Å². The van der Waals surface area contributed by atoms with Crippen LogP contribution in [0.2, 0.25) is 10.0 Å². The van der Waals surface area contributed by atoms with Crippen molar-refractivity contribution in [2.24, 2.45) is 5.92 Å². The van der Waals surface area contributed by atoms with Crippen molar-refractivity contribution in [3.63, 3.8) is 0 Å². The Bertz CT molecular complexity index is 481. The molecule has 1 aromatic rings. The van der Waals surface area contributed by atoms with E-state index < -0.39 is 0 Å². The maximum absolute atomic E-state index is 12.0. The number of hydrogen-bond donors (Lipinski definition) is 1. The number of carbonyl (C=O) groups excluding carboxylic acids is 1. The smallest absolute Gasteiger partial charge is 0.230 e. The molecule has 1 aromatic carbocycles. The molecule has 2 rings (SSSR count). The van der Waals surface area contributed by atoms with E-state index in [1.165, 1.54) is 31.0 Å². The standard InChI is InChI=1S/C15H19Cl2NOS/c1-10-4-2-3-5-13(10)18-15(19)9-20-14-8-11(16)6-7-12(14)17/h6-8,10,13H,2-5,9H2,1H3,(H,18,19)/t10-,13-/m0/s1. The van der Waals surface area contributed by atoms with Gasteiger partial charge in [0.2, 0.25) is 5.91 Å². The van der Waals surface area contributed by atoms with Crippen molar-refractivity contribution in [1.29, 1.82) is 0 Å². The van der Waals surface area contributed by atoms with Gasteiger partial charge in [0.25, 0.3) is 0 Å². The number of benzene rings is 1. The fraction of sp³-hybridized carbons (Fsp3) is 0.533. The normalized spacial score (nSPS) is 22.6. The third-order valence-electron chi connectivity index (χ3n) is 3.71. The highest BCUT2D eigenvalue weighted by Gasteiger charge is 2.22. The van der Waals surface area contributed by atoms with Crippen molar-refractivity contribution in [1.82, 2.24) is 5.32 Å². The number of nitrogens with one attached hydrogen (secondary N) is 1. The first-order valence-corrected chi connectivity index (χ1v) is 8.67. The van der Waals surface area contributed by atoms with Crippen LogP contribution in [0, 0.1) is 5.92 Å². The summed E-state index contributed by atoms with van der Waals surface area (Å²) in [4.78, 5) is 12.9. The molecule has 0 bridgehead atoms. The van der Waals surface area contributed by atoms with E-state index in [-0.39, 0.29) is 5.91 Å². The van der Waals surface area contributed by atoms with Gasteiger partial charge in [-0.15, -0.1) is 11.8 Å². The number of carbonyl (C=O) groups is 1. The molecular weight excluding hydrogens is 313 g/mol. The van der Waals surface area contributed by atoms with Crippen LogP contribution in [0.25, 0.3) is 0 Å². The first kappa shape index (κ1) is 16.0. The Morgan fingerprint density at radius 3 is 2.85 bits per heavy atom. The molecule has 1 saturated carbocycles. The van der Waals surface area contributed by atoms with Gasteiger partial charge in [-0.2, -0.15) is 0 Å². The van der Waals surface area contributed by atoms with E-state index >= 15 is 0 Å². The highest BCUT2D eigenvalue weighted by molar-refractivity contribution is 8.00. The van der Waals surface area contributed by atoms with Gasteiger partial charge in [0.1, 0.15) is 0 Å². The van der Waals surface area contributed by atoms with Crippen LogP contribution in [-0.4, -0.2) is 17.7 Å². The quantitative estimate of drug-likeness (QED) is 0.804. The summed E-state index contributed by atoms with van der Waals surface area (Å²) in [6.07, 6.45) is 4.79. The number of hydrogen-bond acceptors (Lipinski definition) is 2. The summed E-state index contributed by atoms with van der Waals surface area (Å²) in [6, 6.07) is 5.63. The van der Waals surface area contributed by atoms with E-state index in [1.54, 1.807) is 18.2 Å². The molecule has 5 heteroatoms. The Hall–Kier alpha value is -0.380. The summed E-state index contributed by atoms with van der Waals surface area (Å²) < 4.78 is 0. The molecule has 2 nitrogen and oxygen atoms in total. The predicted molar refractivity (Wildman–Crippen MR) is 86.7 cm³/mol. The second-order valence-electron chi connectivity index (χ2n) is 5.30. The predicted octanol–water partition coefficient (Wildman–Crippen LogP) is 4.78. The molecule has 20 heavy (non-hydrogen) atoms. The van der Waals surface area contributed by atoms with Gasteiger partial charge in [-0.25, -0.2) is 0 Å². The third-order valence-corrected chi connectivity index (χ3v) is 5.44. The first-order valence-electron chi connectivity index (χ1n) is 6.93. The number of amides is 1. The van der Waals surface area contributed by atoms with E-state index in [1.807, 2.05) is 0 Å². The fourth-order valence-corrected chi connectivity index (χ4v) is 3.81. The van der Waals surface area contributed by atoms with Gasteiger partial charge in [-0.3, -0.25) is 4.79 Å². The Labute approximate surface area is 134 Å². The van der Waals surface area contributed by atoms with E-state index in [0.717, 1.165) is 11.3 Å². The van der Waals surface area contributed by atoms with Crippen LogP contribution in [0.3, 0.4) is 0 Å². The zero-order chi connectivity index (χ0) is 14.5. The molecule has 1 fully saturated rings. The highest BCUT2D eigenvalue weighted by Crippen LogP contribution is 2.30. The van der Waals surface area contributed by atoms with Crippen LogP contribution in [0.5, 0.6) is 0 Å². The molecule has 0 saturated heterocycles. The van der Waals surface area contributed by atoms with Crippen LogP contribution in [-0.2, 0) is 4.79 Å². The van der Waals surface area contributed by atoms with Gasteiger partial charge in [0, 0.05) is 16.0 Å². The van der Waals surface area contributed by atoms with Crippen LogP contribution in [0.4, 0.5) is 0 Å². The van der Waals surface area contributed by atoms with Gasteiger partial charge in [-0.05, 0) is 37.0 Å². The summed E-state index contributed by atoms with van der Waals surface area (Å²) in [5, 5.41) is 4.41. The van der Waals surface area contributed by atoms with E-state index in [0.29, 0.717) is 27.8 Å². The Morgan fingerprint density at radius 1 is 1.35 bits per heavy atom. The Balaban J connectivity index is 1.84. The van der Waals surface area contributed by atoms with Gasteiger partial charge in [0.15, 0.2) is 0 Å². The molecule has 0 unspecified atom stereocenters.